The number of likely N-dealkylation sites (N-methyl/N-ethyl adjacent to an activating group) is 1. The number of carbonyl (C=O) groups is 1. The molecule has 0 radical (unpaired) electrons. The summed E-state index contributed by atoms with van der Waals surface area (Å²) in [4.78, 5) is 18.2. The van der Waals surface area contributed by atoms with Gasteiger partial charge in [-0.25, -0.2) is 4.99 Å². The summed E-state index contributed by atoms with van der Waals surface area (Å²) >= 11 is 0. The van der Waals surface area contributed by atoms with Crippen molar-refractivity contribution >= 4 is 35.8 Å². The van der Waals surface area contributed by atoms with E-state index in [0.29, 0.717) is 25.6 Å². The van der Waals surface area contributed by atoms with E-state index in [2.05, 4.69) is 27.9 Å². The minimum absolute atomic E-state index is 0. The minimum atomic E-state index is -0.0189. The molecule has 1 amide bonds. The molecule has 0 unspecified atom stereocenters. The van der Waals surface area contributed by atoms with E-state index in [1.807, 2.05) is 41.2 Å². The first kappa shape index (κ1) is 24.4. The molecule has 0 saturated carbocycles. The number of hydrogen-bond acceptors (Lipinski definition) is 4. The molecule has 2 heterocycles. The normalized spacial score (nSPS) is 11.0. The number of guanidine groups is 1. The van der Waals surface area contributed by atoms with Gasteiger partial charge in [0.2, 0.25) is 5.91 Å². The Morgan fingerprint density at radius 3 is 2.61 bits per heavy atom. The number of amides is 1. The highest BCUT2D eigenvalue weighted by Gasteiger charge is 2.08. The van der Waals surface area contributed by atoms with Crippen LogP contribution in [0.1, 0.15) is 16.9 Å². The maximum Gasteiger partial charge on any atom is 0.241 e. The third kappa shape index (κ3) is 8.08. The monoisotopic (exact) mass is 536 g/mol. The standard InChI is InChI=1S/C22H28N6O2.HI/c1-27(2)21(29)16-25-22(23-12-10-20-9-5-14-30-20)24-15-18-7-3-4-8-19(18)17-28-13-6-11-26-28;/h3-9,11,13-14H,10,12,15-17H2,1-2H3,(H2,23,24,25);1H. The second kappa shape index (κ2) is 12.8. The van der Waals surface area contributed by atoms with E-state index in [9.17, 15) is 4.79 Å². The van der Waals surface area contributed by atoms with Crippen LogP contribution in [0.4, 0.5) is 0 Å². The molecule has 0 aliphatic heterocycles. The average Bonchev–Trinajstić information content (AvgIpc) is 3.44. The van der Waals surface area contributed by atoms with E-state index in [1.54, 1.807) is 31.5 Å². The number of aliphatic imine (C=N–C) groups is 1. The van der Waals surface area contributed by atoms with E-state index in [-0.39, 0.29) is 36.4 Å². The third-order valence-corrected chi connectivity index (χ3v) is 4.57. The number of rotatable bonds is 9. The van der Waals surface area contributed by atoms with Gasteiger partial charge < -0.3 is 20.0 Å². The minimum Gasteiger partial charge on any atom is -0.469 e. The van der Waals surface area contributed by atoms with Crippen molar-refractivity contribution in [2.24, 2.45) is 4.99 Å². The molecule has 166 valence electrons. The Labute approximate surface area is 199 Å². The summed E-state index contributed by atoms with van der Waals surface area (Å²) in [6.45, 7) is 2.00. The maximum atomic E-state index is 12.0. The molecule has 0 bridgehead atoms. The molecule has 31 heavy (non-hydrogen) atoms. The summed E-state index contributed by atoms with van der Waals surface area (Å²) in [7, 11) is 3.47. The van der Waals surface area contributed by atoms with Crippen LogP contribution in [0, 0.1) is 0 Å². The number of aromatic nitrogens is 2. The van der Waals surface area contributed by atoms with Gasteiger partial charge in [0.05, 0.1) is 25.9 Å². The number of furan rings is 1. The van der Waals surface area contributed by atoms with Crippen molar-refractivity contribution in [2.75, 3.05) is 27.2 Å². The summed E-state index contributed by atoms with van der Waals surface area (Å²) in [6, 6.07) is 13.9. The second-order valence-corrected chi connectivity index (χ2v) is 7.04. The Bertz CT molecular complexity index is 939. The van der Waals surface area contributed by atoms with Crippen molar-refractivity contribution in [2.45, 2.75) is 19.5 Å². The summed E-state index contributed by atoms with van der Waals surface area (Å²) in [5.74, 6) is 1.47. The van der Waals surface area contributed by atoms with Gasteiger partial charge in [-0.1, -0.05) is 24.3 Å². The van der Waals surface area contributed by atoms with Gasteiger partial charge in [-0.15, -0.1) is 24.0 Å². The Hall–Kier alpha value is -2.82. The van der Waals surface area contributed by atoms with Crippen LogP contribution in [0.25, 0.3) is 0 Å². The predicted octanol–water partition coefficient (Wildman–Crippen LogP) is 2.51. The van der Waals surface area contributed by atoms with Crippen molar-refractivity contribution in [1.29, 1.82) is 0 Å². The van der Waals surface area contributed by atoms with E-state index in [0.717, 1.165) is 23.3 Å². The molecule has 2 N–H and O–H groups in total. The Kier molecular flexibility index (Phi) is 10.1. The molecule has 0 aliphatic rings. The topological polar surface area (TPSA) is 87.7 Å². The number of nitrogens with zero attached hydrogens (tertiary/aromatic N) is 4. The van der Waals surface area contributed by atoms with Gasteiger partial charge in [-0.2, -0.15) is 5.10 Å². The first-order valence-corrected chi connectivity index (χ1v) is 9.91. The number of carbonyl (C=O) groups excluding carboxylic acids is 1. The first-order chi connectivity index (χ1) is 14.6. The third-order valence-electron chi connectivity index (χ3n) is 4.57. The molecule has 3 aromatic rings. The molecule has 0 spiro atoms. The smallest absolute Gasteiger partial charge is 0.241 e. The predicted molar refractivity (Wildman–Crippen MR) is 131 cm³/mol. The molecule has 0 saturated heterocycles. The summed E-state index contributed by atoms with van der Waals surface area (Å²) in [6.07, 6.45) is 6.10. The Morgan fingerprint density at radius 2 is 1.94 bits per heavy atom. The lowest BCUT2D eigenvalue weighted by atomic mass is 10.1. The zero-order valence-electron chi connectivity index (χ0n) is 17.8. The van der Waals surface area contributed by atoms with Crippen LogP contribution in [-0.2, 0) is 24.3 Å². The number of nitrogens with one attached hydrogen (secondary N) is 2. The SMILES string of the molecule is CN(C)C(=O)CNC(=NCc1ccccc1Cn1cccn1)NCCc1ccco1.I. The van der Waals surface area contributed by atoms with Crippen LogP contribution in [0.3, 0.4) is 0 Å². The molecular weight excluding hydrogens is 507 g/mol. The van der Waals surface area contributed by atoms with Crippen LogP contribution >= 0.6 is 24.0 Å². The largest absolute Gasteiger partial charge is 0.469 e. The van der Waals surface area contributed by atoms with Crippen LogP contribution in [-0.4, -0.2) is 53.7 Å². The van der Waals surface area contributed by atoms with Crippen molar-refractivity contribution in [3.8, 4) is 0 Å². The van der Waals surface area contributed by atoms with E-state index < -0.39 is 0 Å². The highest BCUT2D eigenvalue weighted by atomic mass is 127. The molecule has 0 atom stereocenters. The fourth-order valence-corrected chi connectivity index (χ4v) is 2.85. The summed E-state index contributed by atoms with van der Waals surface area (Å²) in [5, 5.41) is 10.7. The van der Waals surface area contributed by atoms with Crippen molar-refractivity contribution in [1.82, 2.24) is 25.3 Å². The summed E-state index contributed by atoms with van der Waals surface area (Å²) in [5.41, 5.74) is 2.27. The molecule has 3 rings (SSSR count). The molecule has 0 fully saturated rings. The Balaban J connectivity index is 0.00000341. The lowest BCUT2D eigenvalue weighted by Crippen LogP contribution is -2.43. The lowest BCUT2D eigenvalue weighted by molar-refractivity contribution is -0.127. The molecule has 8 nitrogen and oxygen atoms in total. The molecule has 0 aliphatic carbocycles. The van der Waals surface area contributed by atoms with E-state index in [4.69, 9.17) is 9.41 Å². The van der Waals surface area contributed by atoms with Crippen molar-refractivity contribution < 1.29 is 9.21 Å². The average molecular weight is 536 g/mol. The lowest BCUT2D eigenvalue weighted by Gasteiger charge is -2.15. The van der Waals surface area contributed by atoms with Crippen LogP contribution in [0.5, 0.6) is 0 Å². The van der Waals surface area contributed by atoms with Gasteiger partial charge in [0, 0.05) is 39.5 Å². The first-order valence-electron chi connectivity index (χ1n) is 9.91. The fourth-order valence-electron chi connectivity index (χ4n) is 2.85. The highest BCUT2D eigenvalue weighted by molar-refractivity contribution is 14.0. The van der Waals surface area contributed by atoms with Gasteiger partial charge in [-0.05, 0) is 29.3 Å². The van der Waals surface area contributed by atoms with Gasteiger partial charge in [0.1, 0.15) is 5.76 Å². The fraction of sp³-hybridized carbons (Fsp3) is 0.318. The van der Waals surface area contributed by atoms with Gasteiger partial charge >= 0.3 is 0 Å². The van der Waals surface area contributed by atoms with Gasteiger partial charge in [0.15, 0.2) is 5.96 Å². The highest BCUT2D eigenvalue weighted by Crippen LogP contribution is 2.11. The van der Waals surface area contributed by atoms with E-state index in [1.165, 1.54) is 0 Å². The van der Waals surface area contributed by atoms with Crippen LogP contribution in [0.15, 0.2) is 70.5 Å². The quantitative estimate of drug-likeness (QED) is 0.250. The second-order valence-electron chi connectivity index (χ2n) is 7.04. The van der Waals surface area contributed by atoms with Crippen molar-refractivity contribution in [3.63, 3.8) is 0 Å². The number of hydrogen-bond donors (Lipinski definition) is 2. The molecule has 1 aromatic carbocycles. The van der Waals surface area contributed by atoms with Crippen LogP contribution < -0.4 is 10.6 Å². The maximum absolute atomic E-state index is 12.0. The molecule has 2 aromatic heterocycles. The van der Waals surface area contributed by atoms with Gasteiger partial charge in [-0.3, -0.25) is 9.48 Å². The zero-order valence-corrected chi connectivity index (χ0v) is 20.2. The van der Waals surface area contributed by atoms with Crippen molar-refractivity contribution in [3.05, 3.63) is 78.0 Å². The molecule has 9 heteroatoms. The zero-order chi connectivity index (χ0) is 21.2. The number of halogens is 1. The summed E-state index contributed by atoms with van der Waals surface area (Å²) < 4.78 is 7.26. The van der Waals surface area contributed by atoms with E-state index >= 15 is 0 Å². The molecular formula is C22H29IN6O2. The number of benzene rings is 1. The Morgan fingerprint density at radius 1 is 1.13 bits per heavy atom. The van der Waals surface area contributed by atoms with Crippen LogP contribution in [0.2, 0.25) is 0 Å². The van der Waals surface area contributed by atoms with Gasteiger partial charge in [0.25, 0.3) is 0 Å².